The summed E-state index contributed by atoms with van der Waals surface area (Å²) >= 11 is 0. The molecule has 1 amide bonds. The lowest BCUT2D eigenvalue weighted by atomic mass is 10.1. The number of hydrogen-bond acceptors (Lipinski definition) is 4. The number of aromatic nitrogens is 2. The van der Waals surface area contributed by atoms with Crippen LogP contribution in [0.1, 0.15) is 38.9 Å². The van der Waals surface area contributed by atoms with Crippen molar-refractivity contribution in [2.45, 2.75) is 32.4 Å². The van der Waals surface area contributed by atoms with Gasteiger partial charge in [-0.05, 0) is 31.0 Å². The van der Waals surface area contributed by atoms with Crippen LogP contribution in [0.4, 0.5) is 5.69 Å². The molecule has 0 radical (unpaired) electrons. The van der Waals surface area contributed by atoms with Gasteiger partial charge in [-0.1, -0.05) is 24.3 Å². The lowest BCUT2D eigenvalue weighted by Gasteiger charge is -2.20. The molecule has 6 heteroatoms. The van der Waals surface area contributed by atoms with Gasteiger partial charge in [-0.15, -0.1) is 0 Å². The molecule has 4 rings (SSSR count). The van der Waals surface area contributed by atoms with E-state index >= 15 is 0 Å². The van der Waals surface area contributed by atoms with Gasteiger partial charge in [0.1, 0.15) is 0 Å². The Labute approximate surface area is 151 Å². The Morgan fingerprint density at radius 1 is 1.31 bits per heavy atom. The third-order valence-corrected chi connectivity index (χ3v) is 5.20. The SMILES string of the molecule is CNC(=O)c1cc(N[C@@H]2c3ccccc3C[C@H]2O)c2nc(C)c(C)n2c1. The Morgan fingerprint density at radius 2 is 2.08 bits per heavy atom. The summed E-state index contributed by atoms with van der Waals surface area (Å²) in [6, 6.07) is 9.61. The van der Waals surface area contributed by atoms with Gasteiger partial charge >= 0.3 is 0 Å². The minimum Gasteiger partial charge on any atom is -0.390 e. The molecule has 0 aliphatic heterocycles. The molecule has 1 aliphatic rings. The minimum absolute atomic E-state index is 0.159. The second-order valence-corrected chi connectivity index (χ2v) is 6.79. The summed E-state index contributed by atoms with van der Waals surface area (Å²) in [5, 5.41) is 16.7. The number of hydrogen-bond donors (Lipinski definition) is 3. The minimum atomic E-state index is -0.520. The number of benzene rings is 1. The smallest absolute Gasteiger partial charge is 0.252 e. The van der Waals surface area contributed by atoms with Crippen molar-refractivity contribution in [3.05, 3.63) is 64.6 Å². The van der Waals surface area contributed by atoms with Crippen LogP contribution in [0.25, 0.3) is 5.65 Å². The number of imidazole rings is 1. The molecule has 1 aromatic carbocycles. The number of rotatable bonds is 3. The van der Waals surface area contributed by atoms with Gasteiger partial charge in [0.2, 0.25) is 0 Å². The van der Waals surface area contributed by atoms with Crippen LogP contribution in [0.2, 0.25) is 0 Å². The number of aliphatic hydroxyl groups excluding tert-OH is 1. The first-order chi connectivity index (χ1) is 12.5. The monoisotopic (exact) mass is 350 g/mol. The number of aliphatic hydroxyl groups is 1. The van der Waals surface area contributed by atoms with E-state index in [4.69, 9.17) is 0 Å². The Bertz CT molecular complexity index is 1010. The molecule has 26 heavy (non-hydrogen) atoms. The molecule has 134 valence electrons. The van der Waals surface area contributed by atoms with Gasteiger partial charge in [-0.3, -0.25) is 4.79 Å². The molecule has 2 atom stereocenters. The van der Waals surface area contributed by atoms with Gasteiger partial charge in [-0.25, -0.2) is 4.98 Å². The second kappa shape index (κ2) is 6.14. The maximum absolute atomic E-state index is 12.2. The van der Waals surface area contributed by atoms with Gasteiger partial charge in [0, 0.05) is 25.4 Å². The summed E-state index contributed by atoms with van der Waals surface area (Å²) in [6.45, 7) is 3.93. The molecule has 0 unspecified atom stereocenters. The lowest BCUT2D eigenvalue weighted by Crippen LogP contribution is -2.23. The molecule has 0 saturated heterocycles. The number of nitrogens with zero attached hydrogens (tertiary/aromatic N) is 2. The normalized spacial score (nSPS) is 18.8. The van der Waals surface area contributed by atoms with Crippen molar-refractivity contribution < 1.29 is 9.90 Å². The highest BCUT2D eigenvalue weighted by molar-refractivity contribution is 5.95. The number of aryl methyl sites for hydroxylation is 2. The first-order valence-electron chi connectivity index (χ1n) is 8.73. The predicted molar refractivity (Wildman–Crippen MR) is 101 cm³/mol. The summed E-state index contributed by atoms with van der Waals surface area (Å²) in [6.07, 6.45) is 1.90. The molecular formula is C20H22N4O2. The van der Waals surface area contributed by atoms with Crippen LogP contribution in [-0.4, -0.2) is 33.6 Å². The summed E-state index contributed by atoms with van der Waals surface area (Å²) in [4.78, 5) is 16.9. The highest BCUT2D eigenvalue weighted by Crippen LogP contribution is 2.35. The fourth-order valence-corrected chi connectivity index (χ4v) is 3.66. The standard InChI is InChI=1S/C20H22N4O2/c1-11-12(2)24-10-14(20(26)21-3)8-16(19(24)22-11)23-18-15-7-5-4-6-13(15)9-17(18)25/h4-8,10,17-18,23,25H,9H2,1-3H3,(H,21,26)/t17-,18-/m1/s1. The molecule has 6 nitrogen and oxygen atoms in total. The van der Waals surface area contributed by atoms with Crippen molar-refractivity contribution in [2.24, 2.45) is 0 Å². The molecule has 0 bridgehead atoms. The van der Waals surface area contributed by atoms with E-state index in [2.05, 4.69) is 15.6 Å². The van der Waals surface area contributed by atoms with Crippen LogP contribution < -0.4 is 10.6 Å². The topological polar surface area (TPSA) is 78.7 Å². The van der Waals surface area contributed by atoms with E-state index < -0.39 is 6.10 Å². The summed E-state index contributed by atoms with van der Waals surface area (Å²) in [5.41, 5.74) is 6.17. The van der Waals surface area contributed by atoms with Crippen LogP contribution >= 0.6 is 0 Å². The Kier molecular flexibility index (Phi) is 3.92. The third kappa shape index (κ3) is 2.54. The van der Waals surface area contributed by atoms with E-state index in [1.807, 2.05) is 42.5 Å². The molecule has 3 N–H and O–H groups in total. The van der Waals surface area contributed by atoms with Gasteiger partial charge in [0.05, 0.1) is 29.1 Å². The summed E-state index contributed by atoms with van der Waals surface area (Å²) in [7, 11) is 1.61. The van der Waals surface area contributed by atoms with E-state index in [9.17, 15) is 9.90 Å². The van der Waals surface area contributed by atoms with E-state index in [0.717, 1.165) is 33.8 Å². The largest absolute Gasteiger partial charge is 0.390 e. The van der Waals surface area contributed by atoms with E-state index in [-0.39, 0.29) is 11.9 Å². The first-order valence-corrected chi connectivity index (χ1v) is 8.73. The highest BCUT2D eigenvalue weighted by Gasteiger charge is 2.31. The Hall–Kier alpha value is -2.86. The van der Waals surface area contributed by atoms with Crippen LogP contribution in [-0.2, 0) is 6.42 Å². The molecule has 0 fully saturated rings. The lowest BCUT2D eigenvalue weighted by molar-refractivity contribution is 0.0962. The molecular weight excluding hydrogens is 328 g/mol. The number of carbonyl (C=O) groups excluding carboxylic acids is 1. The third-order valence-electron chi connectivity index (χ3n) is 5.20. The van der Waals surface area contributed by atoms with Gasteiger partial charge in [0.25, 0.3) is 5.91 Å². The number of fused-ring (bicyclic) bond motifs is 2. The molecule has 0 spiro atoms. The number of amides is 1. The first kappa shape index (κ1) is 16.6. The number of anilines is 1. The molecule has 2 aromatic heterocycles. The van der Waals surface area contributed by atoms with Crippen LogP contribution in [0.15, 0.2) is 36.5 Å². The molecule has 1 aliphatic carbocycles. The maximum atomic E-state index is 12.2. The van der Waals surface area contributed by atoms with Gasteiger partial charge in [0.15, 0.2) is 5.65 Å². The molecule has 0 saturated carbocycles. The zero-order chi connectivity index (χ0) is 18.4. The fraction of sp³-hybridized carbons (Fsp3) is 0.300. The van der Waals surface area contributed by atoms with Crippen molar-refractivity contribution in [3.63, 3.8) is 0 Å². The summed E-state index contributed by atoms with van der Waals surface area (Å²) < 4.78 is 1.93. The fourth-order valence-electron chi connectivity index (χ4n) is 3.66. The van der Waals surface area contributed by atoms with E-state index in [0.29, 0.717) is 12.0 Å². The Balaban J connectivity index is 1.83. The van der Waals surface area contributed by atoms with Crippen molar-refractivity contribution in [1.82, 2.24) is 14.7 Å². The second-order valence-electron chi connectivity index (χ2n) is 6.79. The number of nitrogens with one attached hydrogen (secondary N) is 2. The predicted octanol–water partition coefficient (Wildman–Crippen LogP) is 2.38. The maximum Gasteiger partial charge on any atom is 0.252 e. The van der Waals surface area contributed by atoms with Crippen molar-refractivity contribution in [3.8, 4) is 0 Å². The number of carbonyl (C=O) groups is 1. The van der Waals surface area contributed by atoms with Gasteiger partial charge in [-0.2, -0.15) is 0 Å². The van der Waals surface area contributed by atoms with Crippen molar-refractivity contribution in [2.75, 3.05) is 12.4 Å². The Morgan fingerprint density at radius 3 is 2.85 bits per heavy atom. The van der Waals surface area contributed by atoms with E-state index in [1.54, 1.807) is 19.3 Å². The zero-order valence-electron chi connectivity index (χ0n) is 15.1. The average Bonchev–Trinajstić information content (AvgIpc) is 3.11. The molecule has 3 aromatic rings. The summed E-state index contributed by atoms with van der Waals surface area (Å²) in [5.74, 6) is -0.159. The van der Waals surface area contributed by atoms with Crippen LogP contribution in [0, 0.1) is 13.8 Å². The van der Waals surface area contributed by atoms with Crippen molar-refractivity contribution >= 4 is 17.2 Å². The molecule has 2 heterocycles. The van der Waals surface area contributed by atoms with Crippen LogP contribution in [0.3, 0.4) is 0 Å². The quantitative estimate of drug-likeness (QED) is 0.678. The number of pyridine rings is 1. The zero-order valence-corrected chi connectivity index (χ0v) is 15.1. The van der Waals surface area contributed by atoms with Crippen molar-refractivity contribution in [1.29, 1.82) is 0 Å². The van der Waals surface area contributed by atoms with E-state index in [1.165, 1.54) is 0 Å². The van der Waals surface area contributed by atoms with Gasteiger partial charge < -0.3 is 20.1 Å². The van der Waals surface area contributed by atoms with Crippen LogP contribution in [0.5, 0.6) is 0 Å². The highest BCUT2D eigenvalue weighted by atomic mass is 16.3. The average molecular weight is 350 g/mol.